The Kier molecular flexibility index (Phi) is 4.36. The lowest BCUT2D eigenvalue weighted by molar-refractivity contribution is -0.123. The average molecular weight is 284 g/mol. The summed E-state index contributed by atoms with van der Waals surface area (Å²) in [4.78, 5) is 12.0. The molecule has 2 N–H and O–H groups in total. The van der Waals surface area contributed by atoms with E-state index in [0.717, 1.165) is 42.5 Å². The molecule has 1 aliphatic heterocycles. The number of nitrogens with one attached hydrogen (secondary N) is 2. The maximum absolute atomic E-state index is 12.0. The van der Waals surface area contributed by atoms with Crippen molar-refractivity contribution in [2.24, 2.45) is 0 Å². The van der Waals surface area contributed by atoms with E-state index in [0.29, 0.717) is 0 Å². The molecule has 1 aliphatic rings. The van der Waals surface area contributed by atoms with E-state index in [2.05, 4.69) is 10.6 Å². The molecular formula is C17H20N2O2. The maximum Gasteiger partial charge on any atom is 0.258 e. The number of piperidine rings is 1. The van der Waals surface area contributed by atoms with Crippen molar-refractivity contribution >= 4 is 16.7 Å². The third-order valence-corrected chi connectivity index (χ3v) is 3.77. The van der Waals surface area contributed by atoms with E-state index in [1.54, 1.807) is 0 Å². The molecule has 0 radical (unpaired) electrons. The van der Waals surface area contributed by atoms with Crippen LogP contribution >= 0.6 is 0 Å². The molecule has 1 saturated heterocycles. The van der Waals surface area contributed by atoms with E-state index in [-0.39, 0.29) is 18.6 Å². The van der Waals surface area contributed by atoms with E-state index >= 15 is 0 Å². The van der Waals surface area contributed by atoms with Crippen molar-refractivity contribution in [1.29, 1.82) is 0 Å². The van der Waals surface area contributed by atoms with Crippen LogP contribution in [0.5, 0.6) is 5.75 Å². The number of amides is 1. The molecule has 0 saturated carbocycles. The van der Waals surface area contributed by atoms with Crippen LogP contribution in [0.25, 0.3) is 10.8 Å². The standard InChI is InChI=1S/C17H20N2O2/c20-17(19-14-7-4-10-18-11-14)12-21-16-9-3-6-13-5-1-2-8-15(13)16/h1-3,5-6,8-9,14,18H,4,7,10-12H2,(H,19,20)/t14-/m0/s1. The second kappa shape index (κ2) is 6.59. The predicted molar refractivity (Wildman–Crippen MR) is 83.5 cm³/mol. The largest absolute Gasteiger partial charge is 0.483 e. The lowest BCUT2D eigenvalue weighted by Gasteiger charge is -2.23. The van der Waals surface area contributed by atoms with E-state index in [1.807, 2.05) is 42.5 Å². The number of benzene rings is 2. The molecule has 2 aromatic carbocycles. The van der Waals surface area contributed by atoms with Crippen molar-refractivity contribution in [3.63, 3.8) is 0 Å². The fourth-order valence-corrected chi connectivity index (χ4v) is 2.71. The van der Waals surface area contributed by atoms with Gasteiger partial charge in [-0.2, -0.15) is 0 Å². The van der Waals surface area contributed by atoms with Crippen molar-refractivity contribution in [1.82, 2.24) is 10.6 Å². The minimum atomic E-state index is -0.0587. The number of ether oxygens (including phenoxy) is 1. The summed E-state index contributed by atoms with van der Waals surface area (Å²) in [7, 11) is 0. The predicted octanol–water partition coefficient (Wildman–Crippen LogP) is 2.09. The van der Waals surface area contributed by atoms with Crippen molar-refractivity contribution in [3.8, 4) is 5.75 Å². The first-order valence-corrected chi connectivity index (χ1v) is 7.43. The molecular weight excluding hydrogens is 264 g/mol. The highest BCUT2D eigenvalue weighted by atomic mass is 16.5. The highest BCUT2D eigenvalue weighted by Gasteiger charge is 2.15. The summed E-state index contributed by atoms with van der Waals surface area (Å²) in [6, 6.07) is 14.1. The third-order valence-electron chi connectivity index (χ3n) is 3.77. The molecule has 1 atom stereocenters. The summed E-state index contributed by atoms with van der Waals surface area (Å²) < 4.78 is 5.69. The van der Waals surface area contributed by atoms with Crippen LogP contribution in [-0.4, -0.2) is 31.6 Å². The van der Waals surface area contributed by atoms with Gasteiger partial charge in [0.2, 0.25) is 0 Å². The molecule has 2 aromatic rings. The molecule has 110 valence electrons. The Morgan fingerprint density at radius 1 is 1.24 bits per heavy atom. The zero-order chi connectivity index (χ0) is 14.5. The molecule has 0 aromatic heterocycles. The molecule has 0 unspecified atom stereocenters. The Hall–Kier alpha value is -2.07. The van der Waals surface area contributed by atoms with Crippen LogP contribution in [0.1, 0.15) is 12.8 Å². The molecule has 21 heavy (non-hydrogen) atoms. The van der Waals surface area contributed by atoms with E-state index < -0.39 is 0 Å². The van der Waals surface area contributed by atoms with Gasteiger partial charge < -0.3 is 15.4 Å². The Balaban J connectivity index is 1.59. The first-order valence-electron chi connectivity index (χ1n) is 7.43. The Labute approximate surface area is 124 Å². The van der Waals surface area contributed by atoms with Gasteiger partial charge in [-0.15, -0.1) is 0 Å². The molecule has 1 heterocycles. The van der Waals surface area contributed by atoms with Gasteiger partial charge in [-0.3, -0.25) is 4.79 Å². The summed E-state index contributed by atoms with van der Waals surface area (Å²) in [5.74, 6) is 0.696. The monoisotopic (exact) mass is 284 g/mol. The van der Waals surface area contributed by atoms with Gasteiger partial charge in [0.1, 0.15) is 5.75 Å². The van der Waals surface area contributed by atoms with Crippen molar-refractivity contribution in [2.45, 2.75) is 18.9 Å². The van der Waals surface area contributed by atoms with E-state index in [4.69, 9.17) is 4.74 Å². The third kappa shape index (κ3) is 3.52. The van der Waals surface area contributed by atoms with Crippen LogP contribution in [0, 0.1) is 0 Å². The molecule has 4 heteroatoms. The first-order chi connectivity index (χ1) is 10.3. The fraction of sp³-hybridized carbons (Fsp3) is 0.353. The molecule has 0 spiro atoms. The smallest absolute Gasteiger partial charge is 0.258 e. The number of rotatable bonds is 4. The fourth-order valence-electron chi connectivity index (χ4n) is 2.71. The summed E-state index contributed by atoms with van der Waals surface area (Å²) in [5.41, 5.74) is 0. The van der Waals surface area contributed by atoms with Gasteiger partial charge in [0.25, 0.3) is 5.91 Å². The lowest BCUT2D eigenvalue weighted by Crippen LogP contribution is -2.46. The average Bonchev–Trinajstić information content (AvgIpc) is 2.54. The van der Waals surface area contributed by atoms with Crippen molar-refractivity contribution in [3.05, 3.63) is 42.5 Å². The number of carbonyl (C=O) groups excluding carboxylic acids is 1. The van der Waals surface area contributed by atoms with Gasteiger partial charge in [0.15, 0.2) is 6.61 Å². The zero-order valence-corrected chi connectivity index (χ0v) is 12.0. The maximum atomic E-state index is 12.0. The lowest BCUT2D eigenvalue weighted by atomic mass is 10.1. The summed E-state index contributed by atoms with van der Waals surface area (Å²) in [5, 5.41) is 8.45. The normalized spacial score (nSPS) is 18.4. The molecule has 0 aliphatic carbocycles. The minimum absolute atomic E-state index is 0.0587. The van der Waals surface area contributed by atoms with Crippen LogP contribution in [0.15, 0.2) is 42.5 Å². The summed E-state index contributed by atoms with van der Waals surface area (Å²) >= 11 is 0. The van der Waals surface area contributed by atoms with E-state index in [1.165, 1.54) is 0 Å². The minimum Gasteiger partial charge on any atom is -0.483 e. The second-order valence-corrected chi connectivity index (χ2v) is 5.38. The number of hydrogen-bond donors (Lipinski definition) is 2. The SMILES string of the molecule is O=C(COc1cccc2ccccc12)N[C@H]1CCCNC1. The molecule has 4 nitrogen and oxygen atoms in total. The summed E-state index contributed by atoms with van der Waals surface area (Å²) in [6.07, 6.45) is 2.14. The van der Waals surface area contributed by atoms with Crippen LogP contribution in [-0.2, 0) is 4.79 Å². The molecule has 0 bridgehead atoms. The highest BCUT2D eigenvalue weighted by molar-refractivity contribution is 5.88. The Morgan fingerprint density at radius 3 is 2.95 bits per heavy atom. The zero-order valence-electron chi connectivity index (χ0n) is 12.0. The molecule has 3 rings (SSSR count). The van der Waals surface area contributed by atoms with Gasteiger partial charge in [-0.05, 0) is 30.8 Å². The van der Waals surface area contributed by atoms with Gasteiger partial charge in [0.05, 0.1) is 0 Å². The van der Waals surface area contributed by atoms with E-state index in [9.17, 15) is 4.79 Å². The van der Waals surface area contributed by atoms with Crippen LogP contribution in [0.3, 0.4) is 0 Å². The number of hydrogen-bond acceptors (Lipinski definition) is 3. The van der Waals surface area contributed by atoms with Crippen LogP contribution in [0.2, 0.25) is 0 Å². The van der Waals surface area contributed by atoms with Crippen molar-refractivity contribution in [2.75, 3.05) is 19.7 Å². The van der Waals surface area contributed by atoms with Gasteiger partial charge >= 0.3 is 0 Å². The molecule has 1 amide bonds. The highest BCUT2D eigenvalue weighted by Crippen LogP contribution is 2.24. The second-order valence-electron chi connectivity index (χ2n) is 5.38. The summed E-state index contributed by atoms with van der Waals surface area (Å²) in [6.45, 7) is 1.95. The quantitative estimate of drug-likeness (QED) is 0.904. The van der Waals surface area contributed by atoms with Crippen LogP contribution in [0.4, 0.5) is 0 Å². The number of carbonyl (C=O) groups is 1. The Morgan fingerprint density at radius 2 is 2.10 bits per heavy atom. The van der Waals surface area contributed by atoms with Gasteiger partial charge in [-0.1, -0.05) is 36.4 Å². The Bertz CT molecular complexity index is 616. The van der Waals surface area contributed by atoms with Gasteiger partial charge in [-0.25, -0.2) is 0 Å². The van der Waals surface area contributed by atoms with Gasteiger partial charge in [0, 0.05) is 18.0 Å². The first kappa shape index (κ1) is 13.9. The van der Waals surface area contributed by atoms with Crippen molar-refractivity contribution < 1.29 is 9.53 Å². The molecule has 1 fully saturated rings. The topological polar surface area (TPSA) is 50.4 Å². The number of fused-ring (bicyclic) bond motifs is 1. The van der Waals surface area contributed by atoms with Crippen LogP contribution < -0.4 is 15.4 Å².